The van der Waals surface area contributed by atoms with Gasteiger partial charge in [0.25, 0.3) is 5.91 Å². The van der Waals surface area contributed by atoms with Crippen LogP contribution in [0.3, 0.4) is 0 Å². The van der Waals surface area contributed by atoms with Gasteiger partial charge in [0.1, 0.15) is 0 Å². The van der Waals surface area contributed by atoms with Crippen molar-refractivity contribution in [2.24, 2.45) is 5.10 Å². The fourth-order valence-electron chi connectivity index (χ4n) is 2.07. The molecule has 0 radical (unpaired) electrons. The zero-order valence-electron chi connectivity index (χ0n) is 10.6. The van der Waals surface area contributed by atoms with Crippen molar-refractivity contribution in [3.05, 3.63) is 59.8 Å². The highest BCUT2D eigenvalue weighted by Crippen LogP contribution is 2.20. The van der Waals surface area contributed by atoms with Crippen LogP contribution in [0.25, 0.3) is 0 Å². The van der Waals surface area contributed by atoms with Gasteiger partial charge in [-0.05, 0) is 24.6 Å². The van der Waals surface area contributed by atoms with Crippen molar-refractivity contribution in [3.63, 3.8) is 0 Å². The fraction of sp³-hybridized carbons (Fsp3) is 0.133. The highest BCUT2D eigenvalue weighted by molar-refractivity contribution is 6.19. The number of hydrogen-bond donors (Lipinski definition) is 0. The second kappa shape index (κ2) is 4.65. The Labute approximate surface area is 111 Å². The van der Waals surface area contributed by atoms with Gasteiger partial charge in [-0.1, -0.05) is 35.9 Å². The van der Waals surface area contributed by atoms with E-state index < -0.39 is 0 Å². The molecule has 4 nitrogen and oxygen atoms in total. The Kier molecular flexibility index (Phi) is 2.83. The Morgan fingerprint density at radius 2 is 2.05 bits per heavy atom. The summed E-state index contributed by atoms with van der Waals surface area (Å²) < 4.78 is 0. The van der Waals surface area contributed by atoms with Gasteiger partial charge in [0, 0.05) is 6.20 Å². The molecule has 3 rings (SSSR count). The normalized spacial score (nSPS) is 14.7. The van der Waals surface area contributed by atoms with Gasteiger partial charge in [0.15, 0.2) is 5.82 Å². The molecule has 0 aliphatic carbocycles. The predicted molar refractivity (Wildman–Crippen MR) is 74.1 cm³/mol. The van der Waals surface area contributed by atoms with Gasteiger partial charge in [-0.2, -0.15) is 10.1 Å². The van der Waals surface area contributed by atoms with Crippen LogP contribution in [0.15, 0.2) is 53.8 Å². The summed E-state index contributed by atoms with van der Waals surface area (Å²) in [5, 5.41) is 5.76. The van der Waals surface area contributed by atoms with Crippen LogP contribution >= 0.6 is 0 Å². The molecule has 1 aliphatic rings. The van der Waals surface area contributed by atoms with Crippen molar-refractivity contribution >= 4 is 17.4 Å². The van der Waals surface area contributed by atoms with E-state index in [1.165, 1.54) is 5.01 Å². The van der Waals surface area contributed by atoms with E-state index in [1.807, 2.05) is 43.3 Å². The van der Waals surface area contributed by atoms with Crippen molar-refractivity contribution in [3.8, 4) is 0 Å². The number of anilines is 1. The Balaban J connectivity index is 1.96. The quantitative estimate of drug-likeness (QED) is 0.823. The smallest absolute Gasteiger partial charge is 0.254 e. The lowest BCUT2D eigenvalue weighted by molar-refractivity contribution is -0.116. The first kappa shape index (κ1) is 11.6. The lowest BCUT2D eigenvalue weighted by Crippen LogP contribution is -2.20. The van der Waals surface area contributed by atoms with E-state index in [1.54, 1.807) is 12.3 Å². The van der Waals surface area contributed by atoms with E-state index in [9.17, 15) is 4.79 Å². The summed E-state index contributed by atoms with van der Waals surface area (Å²) in [7, 11) is 0. The summed E-state index contributed by atoms with van der Waals surface area (Å²) in [5.41, 5.74) is 2.94. The van der Waals surface area contributed by atoms with Crippen LogP contribution in [0.5, 0.6) is 0 Å². The van der Waals surface area contributed by atoms with Crippen LogP contribution in [-0.2, 0) is 4.79 Å². The Morgan fingerprint density at radius 1 is 1.16 bits per heavy atom. The molecular formula is C15H13N3O. The van der Waals surface area contributed by atoms with Crippen LogP contribution in [0.4, 0.5) is 5.82 Å². The van der Waals surface area contributed by atoms with Crippen LogP contribution in [0.1, 0.15) is 17.5 Å². The minimum atomic E-state index is -0.0461. The van der Waals surface area contributed by atoms with Gasteiger partial charge < -0.3 is 0 Å². The van der Waals surface area contributed by atoms with Gasteiger partial charge in [-0.3, -0.25) is 4.79 Å². The zero-order valence-corrected chi connectivity index (χ0v) is 10.6. The van der Waals surface area contributed by atoms with Crippen molar-refractivity contribution in [1.82, 2.24) is 4.98 Å². The Hall–Kier alpha value is -2.49. The average molecular weight is 251 g/mol. The van der Waals surface area contributed by atoms with Crippen molar-refractivity contribution in [1.29, 1.82) is 0 Å². The number of amides is 1. The lowest BCUT2D eigenvalue weighted by Gasteiger charge is -2.08. The molecule has 0 N–H and O–H groups in total. The summed E-state index contributed by atoms with van der Waals surface area (Å²) in [6.45, 7) is 2.03. The average Bonchev–Trinajstić information content (AvgIpc) is 2.82. The molecule has 0 spiro atoms. The van der Waals surface area contributed by atoms with Crippen molar-refractivity contribution in [2.45, 2.75) is 13.3 Å². The molecular weight excluding hydrogens is 238 g/mol. The van der Waals surface area contributed by atoms with Gasteiger partial charge in [-0.25, -0.2) is 4.98 Å². The third-order valence-corrected chi connectivity index (χ3v) is 2.99. The first-order valence-corrected chi connectivity index (χ1v) is 6.12. The maximum Gasteiger partial charge on any atom is 0.254 e. The number of aromatic nitrogens is 1. The second-order valence-electron chi connectivity index (χ2n) is 4.49. The number of carbonyl (C=O) groups is 1. The third kappa shape index (κ3) is 2.25. The summed E-state index contributed by atoms with van der Waals surface area (Å²) in [6, 6.07) is 13.4. The summed E-state index contributed by atoms with van der Waals surface area (Å²) in [5.74, 6) is 0.519. The number of rotatable bonds is 2. The van der Waals surface area contributed by atoms with Crippen LogP contribution in [0.2, 0.25) is 0 Å². The van der Waals surface area contributed by atoms with E-state index >= 15 is 0 Å². The number of hydrogen-bond acceptors (Lipinski definition) is 3. The number of aryl methyl sites for hydroxylation is 1. The molecule has 1 aromatic carbocycles. The van der Waals surface area contributed by atoms with Crippen molar-refractivity contribution < 1.29 is 4.79 Å². The highest BCUT2D eigenvalue weighted by atomic mass is 16.2. The molecule has 0 fully saturated rings. The monoisotopic (exact) mass is 251 g/mol. The van der Waals surface area contributed by atoms with Crippen LogP contribution in [0, 0.1) is 6.92 Å². The van der Waals surface area contributed by atoms with Crippen LogP contribution in [-0.4, -0.2) is 16.6 Å². The van der Waals surface area contributed by atoms with Crippen LogP contribution < -0.4 is 5.01 Å². The zero-order chi connectivity index (χ0) is 13.2. The van der Waals surface area contributed by atoms with Gasteiger partial charge in [0.2, 0.25) is 0 Å². The number of nitrogens with zero attached hydrogens (tertiary/aromatic N) is 3. The van der Waals surface area contributed by atoms with E-state index in [0.29, 0.717) is 12.2 Å². The first-order valence-electron chi connectivity index (χ1n) is 6.12. The van der Waals surface area contributed by atoms with Crippen molar-refractivity contribution in [2.75, 3.05) is 5.01 Å². The topological polar surface area (TPSA) is 45.6 Å². The number of benzene rings is 1. The van der Waals surface area contributed by atoms with E-state index in [4.69, 9.17) is 0 Å². The maximum atomic E-state index is 12.0. The van der Waals surface area contributed by atoms with E-state index in [0.717, 1.165) is 16.8 Å². The van der Waals surface area contributed by atoms with Gasteiger partial charge in [0.05, 0.1) is 12.1 Å². The largest absolute Gasteiger partial charge is 0.272 e. The molecule has 0 atom stereocenters. The number of pyridine rings is 1. The molecule has 0 unspecified atom stereocenters. The molecule has 2 aromatic rings. The Morgan fingerprint density at radius 3 is 2.79 bits per heavy atom. The SMILES string of the molecule is Cc1cccc(C2=NN(c3ccccn3)C(=O)C2)c1. The van der Waals surface area contributed by atoms with E-state index in [-0.39, 0.29) is 5.91 Å². The molecule has 0 bridgehead atoms. The Bertz CT molecular complexity index is 649. The molecule has 1 amide bonds. The molecule has 1 aromatic heterocycles. The minimum absolute atomic E-state index is 0.0461. The van der Waals surface area contributed by atoms with E-state index in [2.05, 4.69) is 10.1 Å². The summed E-state index contributed by atoms with van der Waals surface area (Å²) in [4.78, 5) is 16.2. The fourth-order valence-corrected chi connectivity index (χ4v) is 2.07. The first-order chi connectivity index (χ1) is 9.24. The standard InChI is InChI=1S/C15H13N3O/c1-11-5-4-6-12(9-11)13-10-15(19)18(17-13)14-7-2-3-8-16-14/h2-9H,10H2,1H3. The number of hydrazone groups is 1. The predicted octanol–water partition coefficient (Wildman–Crippen LogP) is 2.53. The molecule has 1 aliphatic heterocycles. The summed E-state index contributed by atoms with van der Waals surface area (Å²) >= 11 is 0. The molecule has 4 heteroatoms. The minimum Gasteiger partial charge on any atom is -0.272 e. The molecule has 0 saturated heterocycles. The molecule has 2 heterocycles. The second-order valence-corrected chi connectivity index (χ2v) is 4.49. The summed E-state index contributed by atoms with van der Waals surface area (Å²) in [6.07, 6.45) is 1.98. The number of carbonyl (C=O) groups excluding carboxylic acids is 1. The third-order valence-electron chi connectivity index (χ3n) is 2.99. The molecule has 94 valence electrons. The highest BCUT2D eigenvalue weighted by Gasteiger charge is 2.26. The van der Waals surface area contributed by atoms with Gasteiger partial charge >= 0.3 is 0 Å². The van der Waals surface area contributed by atoms with Gasteiger partial charge in [-0.15, -0.1) is 0 Å². The molecule has 19 heavy (non-hydrogen) atoms. The lowest BCUT2D eigenvalue weighted by atomic mass is 10.1. The molecule has 0 saturated carbocycles. The maximum absolute atomic E-state index is 12.0.